The highest BCUT2D eigenvalue weighted by Gasteiger charge is 2.40. The van der Waals surface area contributed by atoms with Crippen LogP contribution in [0.4, 0.5) is 0 Å². The summed E-state index contributed by atoms with van der Waals surface area (Å²) in [7, 11) is -2.46. The van der Waals surface area contributed by atoms with Gasteiger partial charge in [0.2, 0.25) is 0 Å². The van der Waals surface area contributed by atoms with Crippen LogP contribution < -0.4 is 5.19 Å². The summed E-state index contributed by atoms with van der Waals surface area (Å²) in [5.74, 6) is 0. The van der Waals surface area contributed by atoms with Gasteiger partial charge >= 0.3 is 8.56 Å². The standard InChI is InChI=1S/C23H41NO2Si/c1-6-11-18-24(19-12-7-2)20-15-21-27(25-9-4,26-10-5)23-17-14-13-16-22(23)8-3/h8,13-14,16-17H,3,6-7,9-12,15,18-21H2,1-2,4-5H3. The van der Waals surface area contributed by atoms with Gasteiger partial charge in [-0.3, -0.25) is 0 Å². The highest BCUT2D eigenvalue weighted by Crippen LogP contribution is 2.20. The Balaban J connectivity index is 2.92. The van der Waals surface area contributed by atoms with E-state index in [1.165, 1.54) is 44.0 Å². The monoisotopic (exact) mass is 391 g/mol. The van der Waals surface area contributed by atoms with Gasteiger partial charge in [-0.05, 0) is 64.4 Å². The molecular weight excluding hydrogens is 350 g/mol. The van der Waals surface area contributed by atoms with Crippen molar-refractivity contribution in [1.29, 1.82) is 0 Å². The van der Waals surface area contributed by atoms with E-state index >= 15 is 0 Å². The van der Waals surface area contributed by atoms with Gasteiger partial charge in [-0.1, -0.05) is 63.6 Å². The topological polar surface area (TPSA) is 21.7 Å². The summed E-state index contributed by atoms with van der Waals surface area (Å²) in [6.45, 7) is 17.6. The van der Waals surface area contributed by atoms with Gasteiger partial charge in [-0.25, -0.2) is 0 Å². The number of benzene rings is 1. The molecule has 0 saturated heterocycles. The molecule has 1 rings (SSSR count). The molecule has 0 aromatic heterocycles. The predicted molar refractivity (Wildman–Crippen MR) is 121 cm³/mol. The first kappa shape index (κ1) is 24.1. The van der Waals surface area contributed by atoms with E-state index in [-0.39, 0.29) is 0 Å². The summed E-state index contributed by atoms with van der Waals surface area (Å²) in [5, 5.41) is 1.23. The largest absolute Gasteiger partial charge is 0.391 e. The lowest BCUT2D eigenvalue weighted by Gasteiger charge is -2.32. The number of rotatable bonds is 16. The lowest BCUT2D eigenvalue weighted by Crippen LogP contribution is -2.55. The van der Waals surface area contributed by atoms with E-state index in [0.717, 1.165) is 24.6 Å². The lowest BCUT2D eigenvalue weighted by molar-refractivity contribution is 0.191. The van der Waals surface area contributed by atoms with Gasteiger partial charge in [-0.2, -0.15) is 0 Å². The van der Waals surface area contributed by atoms with Gasteiger partial charge in [0.15, 0.2) is 0 Å². The first-order valence-corrected chi connectivity index (χ1v) is 12.9. The second kappa shape index (κ2) is 14.1. The average molecular weight is 392 g/mol. The molecule has 0 spiro atoms. The first-order valence-electron chi connectivity index (χ1n) is 10.9. The van der Waals surface area contributed by atoms with Crippen molar-refractivity contribution >= 4 is 19.8 Å². The van der Waals surface area contributed by atoms with Crippen molar-refractivity contribution in [3.05, 3.63) is 36.4 Å². The van der Waals surface area contributed by atoms with E-state index in [2.05, 4.69) is 63.4 Å². The molecule has 27 heavy (non-hydrogen) atoms. The van der Waals surface area contributed by atoms with Crippen molar-refractivity contribution in [2.45, 2.75) is 65.8 Å². The Morgan fingerprint density at radius 3 is 1.96 bits per heavy atom. The van der Waals surface area contributed by atoms with Gasteiger partial charge < -0.3 is 13.8 Å². The molecule has 1 aromatic rings. The SMILES string of the molecule is C=Cc1ccccc1[Si](CCCN(CCCC)CCCC)(OCC)OCC. The van der Waals surface area contributed by atoms with Gasteiger partial charge in [0.25, 0.3) is 0 Å². The van der Waals surface area contributed by atoms with Crippen molar-refractivity contribution in [3.8, 4) is 0 Å². The minimum absolute atomic E-state index is 0.688. The highest BCUT2D eigenvalue weighted by atomic mass is 28.4. The highest BCUT2D eigenvalue weighted by molar-refractivity contribution is 6.81. The summed E-state index contributed by atoms with van der Waals surface area (Å²) in [6.07, 6.45) is 8.12. The van der Waals surface area contributed by atoms with Gasteiger partial charge in [-0.15, -0.1) is 0 Å². The van der Waals surface area contributed by atoms with Crippen LogP contribution in [-0.2, 0) is 8.85 Å². The van der Waals surface area contributed by atoms with Crippen LogP contribution in [0.2, 0.25) is 6.04 Å². The van der Waals surface area contributed by atoms with Crippen LogP contribution in [-0.4, -0.2) is 46.3 Å². The molecule has 0 aliphatic carbocycles. The molecule has 0 aliphatic rings. The second-order valence-corrected chi connectivity index (χ2v) is 10.2. The summed E-state index contributed by atoms with van der Waals surface area (Å²) in [4.78, 5) is 2.63. The molecule has 0 amide bonds. The van der Waals surface area contributed by atoms with E-state index in [9.17, 15) is 0 Å². The molecule has 154 valence electrons. The van der Waals surface area contributed by atoms with Gasteiger partial charge in [0, 0.05) is 18.4 Å². The Morgan fingerprint density at radius 1 is 0.889 bits per heavy atom. The van der Waals surface area contributed by atoms with Crippen LogP contribution in [0.25, 0.3) is 6.08 Å². The third-order valence-corrected chi connectivity index (χ3v) is 8.78. The quantitative estimate of drug-likeness (QED) is 0.355. The van der Waals surface area contributed by atoms with Crippen LogP contribution in [0.3, 0.4) is 0 Å². The molecule has 0 aliphatic heterocycles. The van der Waals surface area contributed by atoms with Gasteiger partial charge in [0.1, 0.15) is 0 Å². The maximum Gasteiger partial charge on any atom is 0.373 e. The molecule has 0 unspecified atom stereocenters. The molecular formula is C23H41NO2Si. The Kier molecular flexibility index (Phi) is 12.6. The Hall–Kier alpha value is -0.943. The lowest BCUT2D eigenvalue weighted by atomic mass is 10.2. The normalized spacial score (nSPS) is 11.9. The first-order chi connectivity index (χ1) is 13.2. The summed E-state index contributed by atoms with van der Waals surface area (Å²) < 4.78 is 12.8. The average Bonchev–Trinajstić information content (AvgIpc) is 2.69. The fraction of sp³-hybridized carbons (Fsp3) is 0.652. The van der Waals surface area contributed by atoms with Crippen molar-refractivity contribution in [1.82, 2.24) is 4.90 Å². The van der Waals surface area contributed by atoms with E-state index in [1.54, 1.807) is 0 Å². The predicted octanol–water partition coefficient (Wildman–Crippen LogP) is 5.34. The molecule has 3 nitrogen and oxygen atoms in total. The maximum atomic E-state index is 6.39. The van der Waals surface area contributed by atoms with Crippen LogP contribution >= 0.6 is 0 Å². The van der Waals surface area contributed by atoms with E-state index in [4.69, 9.17) is 8.85 Å². The second-order valence-electron chi connectivity index (χ2n) is 7.06. The Bertz CT molecular complexity index is 507. The zero-order chi connectivity index (χ0) is 20.0. The Labute approximate surface area is 169 Å². The van der Waals surface area contributed by atoms with E-state index in [1.807, 2.05) is 6.08 Å². The third-order valence-electron chi connectivity index (χ3n) is 4.98. The van der Waals surface area contributed by atoms with Crippen molar-refractivity contribution in [2.24, 2.45) is 0 Å². The zero-order valence-electron chi connectivity index (χ0n) is 18.1. The van der Waals surface area contributed by atoms with E-state index < -0.39 is 8.56 Å². The van der Waals surface area contributed by atoms with Crippen LogP contribution in [0.5, 0.6) is 0 Å². The molecule has 0 N–H and O–H groups in total. The van der Waals surface area contributed by atoms with Crippen molar-refractivity contribution in [3.63, 3.8) is 0 Å². The van der Waals surface area contributed by atoms with Crippen LogP contribution in [0, 0.1) is 0 Å². The molecule has 0 saturated carbocycles. The fourth-order valence-electron chi connectivity index (χ4n) is 3.60. The fourth-order valence-corrected chi connectivity index (χ4v) is 7.08. The molecule has 0 heterocycles. The third kappa shape index (κ3) is 7.90. The van der Waals surface area contributed by atoms with Crippen LogP contribution in [0.15, 0.2) is 30.8 Å². The number of unbranched alkanes of at least 4 members (excludes halogenated alkanes) is 2. The van der Waals surface area contributed by atoms with Crippen molar-refractivity contribution in [2.75, 3.05) is 32.8 Å². The van der Waals surface area contributed by atoms with Gasteiger partial charge in [0.05, 0.1) is 0 Å². The summed E-state index contributed by atoms with van der Waals surface area (Å²) >= 11 is 0. The summed E-state index contributed by atoms with van der Waals surface area (Å²) in [6, 6.07) is 9.46. The number of nitrogens with zero attached hydrogens (tertiary/aromatic N) is 1. The summed E-state index contributed by atoms with van der Waals surface area (Å²) in [5.41, 5.74) is 1.15. The van der Waals surface area contributed by atoms with Crippen molar-refractivity contribution < 1.29 is 8.85 Å². The zero-order valence-corrected chi connectivity index (χ0v) is 19.1. The smallest absolute Gasteiger partial charge is 0.373 e. The number of hydrogen-bond donors (Lipinski definition) is 0. The minimum Gasteiger partial charge on any atom is -0.391 e. The molecule has 0 radical (unpaired) electrons. The molecule has 1 aromatic carbocycles. The molecule has 0 atom stereocenters. The minimum atomic E-state index is -2.46. The maximum absolute atomic E-state index is 6.39. The molecule has 0 fully saturated rings. The Morgan fingerprint density at radius 2 is 1.44 bits per heavy atom. The number of hydrogen-bond acceptors (Lipinski definition) is 3. The molecule has 0 bridgehead atoms. The van der Waals surface area contributed by atoms with Crippen LogP contribution in [0.1, 0.15) is 65.4 Å². The molecule has 4 heteroatoms. The van der Waals surface area contributed by atoms with E-state index in [0.29, 0.717) is 13.2 Å².